The summed E-state index contributed by atoms with van der Waals surface area (Å²) in [7, 11) is 0. The number of esters is 1. The molecule has 0 amide bonds. The number of fused-ring (bicyclic) bond motifs is 1. The van der Waals surface area contributed by atoms with Crippen molar-refractivity contribution in [2.24, 2.45) is 5.92 Å². The van der Waals surface area contributed by atoms with Crippen molar-refractivity contribution < 1.29 is 19.4 Å². The molecule has 3 rings (SSSR count). The van der Waals surface area contributed by atoms with Crippen molar-refractivity contribution >= 4 is 5.97 Å². The predicted octanol–water partition coefficient (Wildman–Crippen LogP) is 3.97. The highest BCUT2D eigenvalue weighted by molar-refractivity contribution is 5.70. The fourth-order valence-electron chi connectivity index (χ4n) is 4.73. The topological polar surface area (TPSA) is 91.6 Å². The Morgan fingerprint density at radius 1 is 1.21 bits per heavy atom. The SMILES string of the molecule is CCOC(=O)CCc1cccc(OC[C@H](O)CNC(C)(C)CC2Cc3ccccc3C2)c1C#N. The molecular weight excluding hydrogens is 428 g/mol. The number of carbonyl (C=O) groups excluding carboxylic acids is 1. The van der Waals surface area contributed by atoms with E-state index in [1.807, 2.05) is 6.07 Å². The van der Waals surface area contributed by atoms with Crippen molar-refractivity contribution in [2.75, 3.05) is 19.8 Å². The first kappa shape index (κ1) is 25.7. The number of nitriles is 1. The van der Waals surface area contributed by atoms with Gasteiger partial charge in [0.2, 0.25) is 0 Å². The summed E-state index contributed by atoms with van der Waals surface area (Å²) in [5, 5.41) is 23.6. The Morgan fingerprint density at radius 2 is 1.91 bits per heavy atom. The molecule has 1 aliphatic carbocycles. The molecule has 0 unspecified atom stereocenters. The van der Waals surface area contributed by atoms with Gasteiger partial charge in [-0.2, -0.15) is 5.26 Å². The molecule has 0 bridgehead atoms. The molecule has 34 heavy (non-hydrogen) atoms. The number of aliphatic hydroxyl groups is 1. The molecule has 0 spiro atoms. The van der Waals surface area contributed by atoms with Crippen LogP contribution >= 0.6 is 0 Å². The highest BCUT2D eigenvalue weighted by Gasteiger charge is 2.28. The first-order chi connectivity index (χ1) is 16.3. The van der Waals surface area contributed by atoms with Gasteiger partial charge in [-0.15, -0.1) is 0 Å². The van der Waals surface area contributed by atoms with Crippen molar-refractivity contribution in [3.05, 3.63) is 64.7 Å². The number of hydrogen-bond donors (Lipinski definition) is 2. The van der Waals surface area contributed by atoms with Crippen LogP contribution in [0.2, 0.25) is 0 Å². The average Bonchev–Trinajstić information content (AvgIpc) is 3.21. The van der Waals surface area contributed by atoms with Gasteiger partial charge in [-0.05, 0) is 75.1 Å². The number of β-amino-alcohol motifs (C(OH)–C–C–N with tert-alkyl or cyclic N) is 1. The summed E-state index contributed by atoms with van der Waals surface area (Å²) >= 11 is 0. The summed E-state index contributed by atoms with van der Waals surface area (Å²) in [4.78, 5) is 11.7. The maximum absolute atomic E-state index is 11.7. The van der Waals surface area contributed by atoms with Gasteiger partial charge in [0, 0.05) is 18.5 Å². The van der Waals surface area contributed by atoms with Crippen LogP contribution in [0.3, 0.4) is 0 Å². The van der Waals surface area contributed by atoms with Crippen LogP contribution in [0.4, 0.5) is 0 Å². The first-order valence-corrected chi connectivity index (χ1v) is 12.1. The lowest BCUT2D eigenvalue weighted by atomic mass is 9.88. The minimum atomic E-state index is -0.713. The molecule has 0 aliphatic heterocycles. The van der Waals surface area contributed by atoms with Gasteiger partial charge in [0.1, 0.15) is 24.5 Å². The van der Waals surface area contributed by atoms with Gasteiger partial charge in [0.15, 0.2) is 0 Å². The van der Waals surface area contributed by atoms with Crippen molar-refractivity contribution in [3.8, 4) is 11.8 Å². The van der Waals surface area contributed by atoms with E-state index in [1.54, 1.807) is 19.1 Å². The Morgan fingerprint density at radius 3 is 2.56 bits per heavy atom. The summed E-state index contributed by atoms with van der Waals surface area (Å²) < 4.78 is 10.8. The van der Waals surface area contributed by atoms with Crippen LogP contribution in [0.1, 0.15) is 55.9 Å². The van der Waals surface area contributed by atoms with Crippen LogP contribution in [-0.4, -0.2) is 42.5 Å². The Hall–Kier alpha value is -2.88. The van der Waals surface area contributed by atoms with Crippen molar-refractivity contribution in [2.45, 2.75) is 64.5 Å². The van der Waals surface area contributed by atoms with E-state index in [9.17, 15) is 15.2 Å². The maximum Gasteiger partial charge on any atom is 0.306 e. The number of aliphatic hydroxyl groups excluding tert-OH is 1. The maximum atomic E-state index is 11.7. The van der Waals surface area contributed by atoms with E-state index in [0.29, 0.717) is 36.8 Å². The summed E-state index contributed by atoms with van der Waals surface area (Å²) in [5.41, 5.74) is 3.93. The smallest absolute Gasteiger partial charge is 0.306 e. The largest absolute Gasteiger partial charge is 0.489 e. The first-order valence-electron chi connectivity index (χ1n) is 12.1. The van der Waals surface area contributed by atoms with Gasteiger partial charge in [0.05, 0.1) is 12.2 Å². The highest BCUT2D eigenvalue weighted by atomic mass is 16.5. The van der Waals surface area contributed by atoms with E-state index in [-0.39, 0.29) is 24.5 Å². The summed E-state index contributed by atoms with van der Waals surface area (Å²) in [6.45, 7) is 6.92. The van der Waals surface area contributed by atoms with Gasteiger partial charge < -0.3 is 19.9 Å². The standard InChI is InChI=1S/C28H36N2O4/c1-4-33-27(32)13-12-21-10-7-11-26(25(21)17-29)34-19-24(31)18-30-28(2,3)16-20-14-22-8-5-6-9-23(22)15-20/h5-11,20,24,30-31H,4,12-16,18-19H2,1-3H3/t24-/m1/s1. The van der Waals surface area contributed by atoms with Crippen LogP contribution in [0.5, 0.6) is 5.75 Å². The summed E-state index contributed by atoms with van der Waals surface area (Å²) in [6.07, 6.45) is 3.14. The number of nitrogens with one attached hydrogen (secondary N) is 1. The molecule has 2 aromatic carbocycles. The number of benzene rings is 2. The van der Waals surface area contributed by atoms with E-state index in [4.69, 9.17) is 9.47 Å². The third-order valence-corrected chi connectivity index (χ3v) is 6.31. The Labute approximate surface area is 202 Å². The molecule has 0 aromatic heterocycles. The number of nitrogens with zero attached hydrogens (tertiary/aromatic N) is 1. The lowest BCUT2D eigenvalue weighted by molar-refractivity contribution is -0.143. The fourth-order valence-corrected chi connectivity index (χ4v) is 4.73. The molecule has 2 aromatic rings. The highest BCUT2D eigenvalue weighted by Crippen LogP contribution is 2.32. The number of hydrogen-bond acceptors (Lipinski definition) is 6. The van der Waals surface area contributed by atoms with E-state index < -0.39 is 6.10 Å². The van der Waals surface area contributed by atoms with Crippen LogP contribution in [0.15, 0.2) is 42.5 Å². The van der Waals surface area contributed by atoms with E-state index in [1.165, 1.54) is 11.1 Å². The van der Waals surface area contributed by atoms with Gasteiger partial charge >= 0.3 is 5.97 Å². The summed E-state index contributed by atoms with van der Waals surface area (Å²) in [6, 6.07) is 16.2. The second-order valence-electron chi connectivity index (χ2n) is 9.68. The average molecular weight is 465 g/mol. The van der Waals surface area contributed by atoms with Crippen LogP contribution in [0.25, 0.3) is 0 Å². The zero-order chi connectivity index (χ0) is 24.6. The molecule has 1 atom stereocenters. The number of carbonyl (C=O) groups is 1. The molecule has 6 heteroatoms. The molecule has 182 valence electrons. The molecule has 0 saturated heterocycles. The molecule has 2 N–H and O–H groups in total. The van der Waals surface area contributed by atoms with E-state index in [2.05, 4.69) is 49.5 Å². The van der Waals surface area contributed by atoms with Gasteiger partial charge in [-0.1, -0.05) is 36.4 Å². The van der Waals surface area contributed by atoms with Gasteiger partial charge in [0.25, 0.3) is 0 Å². The van der Waals surface area contributed by atoms with Gasteiger partial charge in [-0.3, -0.25) is 4.79 Å². The van der Waals surface area contributed by atoms with E-state index >= 15 is 0 Å². The fraction of sp³-hybridized carbons (Fsp3) is 0.500. The zero-order valence-electron chi connectivity index (χ0n) is 20.5. The molecular formula is C28H36N2O4. The van der Waals surface area contributed by atoms with Crippen molar-refractivity contribution in [1.29, 1.82) is 5.26 Å². The number of rotatable bonds is 12. The van der Waals surface area contributed by atoms with Crippen molar-refractivity contribution in [1.82, 2.24) is 5.32 Å². The van der Waals surface area contributed by atoms with E-state index in [0.717, 1.165) is 24.8 Å². The molecule has 1 aliphatic rings. The quantitative estimate of drug-likeness (QED) is 0.462. The van der Waals surface area contributed by atoms with Crippen LogP contribution < -0.4 is 10.1 Å². The third kappa shape index (κ3) is 7.31. The van der Waals surface area contributed by atoms with Gasteiger partial charge in [-0.25, -0.2) is 0 Å². The Kier molecular flexibility index (Phi) is 9.09. The Bertz CT molecular complexity index is 987. The lowest BCUT2D eigenvalue weighted by Gasteiger charge is -2.30. The normalized spacial score (nSPS) is 14.3. The third-order valence-electron chi connectivity index (χ3n) is 6.31. The lowest BCUT2D eigenvalue weighted by Crippen LogP contribution is -2.46. The minimum absolute atomic E-state index is 0.0773. The second-order valence-corrected chi connectivity index (χ2v) is 9.68. The molecule has 0 fully saturated rings. The van der Waals surface area contributed by atoms with Crippen LogP contribution in [-0.2, 0) is 28.8 Å². The molecule has 0 saturated carbocycles. The predicted molar refractivity (Wildman–Crippen MR) is 132 cm³/mol. The zero-order valence-corrected chi connectivity index (χ0v) is 20.5. The second kappa shape index (κ2) is 12.0. The molecule has 6 nitrogen and oxygen atoms in total. The monoisotopic (exact) mass is 464 g/mol. The minimum Gasteiger partial charge on any atom is -0.489 e. The van der Waals surface area contributed by atoms with Crippen molar-refractivity contribution in [3.63, 3.8) is 0 Å². The molecule has 0 heterocycles. The molecule has 0 radical (unpaired) electrons. The summed E-state index contributed by atoms with van der Waals surface area (Å²) in [5.74, 6) is 0.734. The number of aryl methyl sites for hydroxylation is 1. The Balaban J connectivity index is 1.47. The number of ether oxygens (including phenoxy) is 2. The van der Waals surface area contributed by atoms with Crippen LogP contribution in [0, 0.1) is 17.2 Å².